The monoisotopic (exact) mass is 524 g/mol. The molecule has 1 fully saturated rings. The lowest BCUT2D eigenvalue weighted by Gasteiger charge is -2.46. The topological polar surface area (TPSA) is 161 Å². The Kier molecular flexibility index (Phi) is 5.61. The number of rotatable bonds is 3. The van der Waals surface area contributed by atoms with Gasteiger partial charge in [0.25, 0.3) is 5.91 Å². The van der Waals surface area contributed by atoms with Crippen LogP contribution in [0.3, 0.4) is 0 Å². The summed E-state index contributed by atoms with van der Waals surface area (Å²) in [6.07, 6.45) is -0.0465. The van der Waals surface area contributed by atoms with Crippen LogP contribution in [0.4, 0.5) is 5.69 Å². The van der Waals surface area contributed by atoms with Crippen LogP contribution in [-0.2, 0) is 20.8 Å². The van der Waals surface area contributed by atoms with E-state index in [1.807, 2.05) is 19.0 Å². The Labute approximate surface area is 217 Å². The number of carbonyl (C=O) groups excluding carboxylic acids is 3. The van der Waals surface area contributed by atoms with Crippen molar-refractivity contribution in [2.24, 2.45) is 17.6 Å². The van der Waals surface area contributed by atoms with Crippen molar-refractivity contribution in [3.05, 3.63) is 63.4 Å². The number of Topliss-reactive ketones (excluding diaryl/α,β-unsaturated/α-hetero) is 2. The van der Waals surface area contributed by atoms with E-state index in [0.717, 1.165) is 0 Å². The zero-order chi connectivity index (χ0) is 27.0. The highest BCUT2D eigenvalue weighted by Gasteiger charge is 2.60. The average molecular weight is 525 g/mol. The van der Waals surface area contributed by atoms with E-state index >= 15 is 0 Å². The lowest BCUT2D eigenvalue weighted by Crippen LogP contribution is -2.58. The minimum absolute atomic E-state index is 0.0447. The van der Waals surface area contributed by atoms with Crippen molar-refractivity contribution in [3.8, 4) is 16.9 Å². The first kappa shape index (κ1) is 24.9. The predicted octanol–water partition coefficient (Wildman–Crippen LogP) is 2.81. The molecule has 3 atom stereocenters. The van der Waals surface area contributed by atoms with Crippen LogP contribution in [-0.4, -0.2) is 57.6 Å². The maximum atomic E-state index is 13.7. The summed E-state index contributed by atoms with van der Waals surface area (Å²) in [7, 11) is 3.63. The number of phenols is 1. The number of phenolic OH excluding ortho intramolecular Hbond substituents is 1. The number of aliphatic hydroxyl groups excluding tert-OH is 2. The molecule has 0 bridgehead atoms. The third-order valence-electron chi connectivity index (χ3n) is 7.68. The van der Waals surface area contributed by atoms with Gasteiger partial charge in [0.1, 0.15) is 22.8 Å². The van der Waals surface area contributed by atoms with Gasteiger partial charge < -0.3 is 31.1 Å². The van der Waals surface area contributed by atoms with Crippen LogP contribution in [0.1, 0.15) is 24.0 Å². The second-order valence-electron chi connectivity index (χ2n) is 9.95. The van der Waals surface area contributed by atoms with Gasteiger partial charge in [-0.2, -0.15) is 0 Å². The van der Waals surface area contributed by atoms with E-state index in [2.05, 4.69) is 0 Å². The third-order valence-corrected chi connectivity index (χ3v) is 7.93. The van der Waals surface area contributed by atoms with Crippen molar-refractivity contribution in [1.82, 2.24) is 0 Å². The van der Waals surface area contributed by atoms with Gasteiger partial charge in [-0.3, -0.25) is 14.4 Å². The Bertz CT molecular complexity index is 1460. The Morgan fingerprint density at radius 1 is 1.11 bits per heavy atom. The van der Waals surface area contributed by atoms with Gasteiger partial charge in [-0.05, 0) is 48.1 Å². The number of benzene rings is 2. The van der Waals surface area contributed by atoms with Gasteiger partial charge in [-0.1, -0.05) is 23.7 Å². The zero-order valence-electron chi connectivity index (χ0n) is 20.1. The van der Waals surface area contributed by atoms with Crippen molar-refractivity contribution >= 4 is 40.5 Å². The Hall–Kier alpha value is -3.82. The van der Waals surface area contributed by atoms with Gasteiger partial charge in [0.2, 0.25) is 5.78 Å². The number of aliphatic hydroxyl groups is 3. The lowest BCUT2D eigenvalue weighted by atomic mass is 9.59. The minimum atomic E-state index is -2.59. The number of fused-ring (bicyclic) bond motifs is 3. The van der Waals surface area contributed by atoms with Gasteiger partial charge in [-0.15, -0.1) is 0 Å². The third kappa shape index (κ3) is 3.45. The van der Waals surface area contributed by atoms with E-state index in [4.69, 9.17) is 17.3 Å². The van der Waals surface area contributed by atoms with Crippen molar-refractivity contribution in [3.63, 3.8) is 0 Å². The summed E-state index contributed by atoms with van der Waals surface area (Å²) in [6.45, 7) is 0. The van der Waals surface area contributed by atoms with Crippen molar-refractivity contribution in [2.45, 2.75) is 24.9 Å². The fourth-order valence-corrected chi connectivity index (χ4v) is 6.04. The van der Waals surface area contributed by atoms with Crippen LogP contribution in [0.25, 0.3) is 16.9 Å². The summed E-state index contributed by atoms with van der Waals surface area (Å²) in [5.74, 6) is -6.51. The number of amides is 1. The molecular weight excluding hydrogens is 500 g/mol. The molecule has 9 nitrogen and oxygen atoms in total. The van der Waals surface area contributed by atoms with E-state index in [1.165, 1.54) is 0 Å². The van der Waals surface area contributed by atoms with Crippen LogP contribution in [0, 0.1) is 11.8 Å². The molecule has 1 amide bonds. The molecule has 3 aliphatic carbocycles. The van der Waals surface area contributed by atoms with Crippen molar-refractivity contribution in [2.75, 3.05) is 19.0 Å². The van der Waals surface area contributed by atoms with Gasteiger partial charge in [0, 0.05) is 48.3 Å². The van der Waals surface area contributed by atoms with E-state index in [0.29, 0.717) is 27.4 Å². The molecule has 37 heavy (non-hydrogen) atoms. The quantitative estimate of drug-likeness (QED) is 0.383. The molecule has 6 N–H and O–H groups in total. The molecule has 3 aliphatic rings. The van der Waals surface area contributed by atoms with E-state index in [1.54, 1.807) is 30.3 Å². The molecule has 0 aromatic heterocycles. The molecule has 0 radical (unpaired) electrons. The van der Waals surface area contributed by atoms with Gasteiger partial charge in [0.05, 0.1) is 5.56 Å². The van der Waals surface area contributed by atoms with Gasteiger partial charge in [-0.25, -0.2) is 0 Å². The van der Waals surface area contributed by atoms with Gasteiger partial charge in [0.15, 0.2) is 11.4 Å². The summed E-state index contributed by atoms with van der Waals surface area (Å²) in [4.78, 5) is 39.8. The number of hydrogen-bond donors (Lipinski definition) is 5. The normalized spacial score (nSPS) is 25.0. The van der Waals surface area contributed by atoms with E-state index in [-0.39, 0.29) is 36.1 Å². The number of nitrogens with two attached hydrogens (primary N) is 1. The summed E-state index contributed by atoms with van der Waals surface area (Å²) in [5.41, 5.74) is 4.02. The van der Waals surface area contributed by atoms with Crippen molar-refractivity contribution < 1.29 is 34.8 Å². The predicted molar refractivity (Wildman–Crippen MR) is 136 cm³/mol. The number of aromatic hydroxyl groups is 1. The first-order valence-electron chi connectivity index (χ1n) is 11.7. The molecular formula is C27H25ClN2O7. The lowest BCUT2D eigenvalue weighted by molar-refractivity contribution is -0.147. The fraction of sp³-hybridized carbons (Fsp3) is 0.296. The maximum absolute atomic E-state index is 13.7. The Morgan fingerprint density at radius 2 is 1.76 bits per heavy atom. The molecule has 2 aromatic rings. The highest BCUT2D eigenvalue weighted by molar-refractivity contribution is 6.30. The summed E-state index contributed by atoms with van der Waals surface area (Å²) in [5, 5.41) is 45.4. The van der Waals surface area contributed by atoms with E-state index < -0.39 is 52.0 Å². The summed E-state index contributed by atoms with van der Waals surface area (Å²) >= 11 is 6.02. The largest absolute Gasteiger partial charge is 0.508 e. The van der Waals surface area contributed by atoms with Crippen molar-refractivity contribution in [1.29, 1.82) is 0 Å². The number of nitrogens with zero attached hydrogens (tertiary/aromatic N) is 1. The number of primary amides is 1. The van der Waals surface area contributed by atoms with Crippen LogP contribution < -0.4 is 10.6 Å². The minimum Gasteiger partial charge on any atom is -0.508 e. The summed E-state index contributed by atoms with van der Waals surface area (Å²) in [6, 6.07) is 8.54. The van der Waals surface area contributed by atoms with E-state index in [9.17, 15) is 34.8 Å². The second-order valence-corrected chi connectivity index (χ2v) is 10.4. The number of carbonyl (C=O) groups is 3. The molecule has 5 rings (SSSR count). The molecule has 3 unspecified atom stereocenters. The summed E-state index contributed by atoms with van der Waals surface area (Å²) < 4.78 is 0. The SMILES string of the molecule is CN(C)c1cc(-c2ccc(Cl)cc2)c(O)c2c1CC1CC3CC(=O)C(C(N)=O)=C(O)C3(O)C(=O)C1=C2O. The smallest absolute Gasteiger partial charge is 0.255 e. The zero-order valence-corrected chi connectivity index (χ0v) is 20.8. The van der Waals surface area contributed by atoms with Crippen LogP contribution in [0.2, 0.25) is 5.02 Å². The molecule has 2 aromatic carbocycles. The first-order valence-corrected chi connectivity index (χ1v) is 12.0. The molecule has 0 aliphatic heterocycles. The number of ketones is 2. The number of hydrogen-bond acceptors (Lipinski definition) is 8. The van der Waals surface area contributed by atoms with Crippen LogP contribution >= 0.6 is 11.6 Å². The maximum Gasteiger partial charge on any atom is 0.255 e. The average Bonchev–Trinajstić information content (AvgIpc) is 2.82. The second kappa shape index (κ2) is 8.36. The van der Waals surface area contributed by atoms with Crippen LogP contribution in [0.15, 0.2) is 47.2 Å². The number of anilines is 1. The highest BCUT2D eigenvalue weighted by atomic mass is 35.5. The molecule has 1 saturated carbocycles. The highest BCUT2D eigenvalue weighted by Crippen LogP contribution is 2.54. The molecule has 10 heteroatoms. The van der Waals surface area contributed by atoms with Crippen LogP contribution in [0.5, 0.6) is 5.75 Å². The number of halogens is 1. The molecule has 192 valence electrons. The first-order chi connectivity index (χ1) is 17.4. The Morgan fingerprint density at radius 3 is 2.35 bits per heavy atom. The standard InChI is InChI=1S/C27H25ClN2O7/c1-30(2)17-10-15(11-3-5-14(28)6-4-11)22(32)20-16(17)8-12-7-13-9-18(31)21(26(29)36)25(35)27(13,37)24(34)19(12)23(20)33/h3-6,10,12-13,32-33,35,37H,7-9H2,1-2H3,(H2,29,36). The molecule has 0 saturated heterocycles. The fourth-order valence-electron chi connectivity index (χ4n) is 5.92. The molecule has 0 heterocycles. The molecule has 0 spiro atoms. The van der Waals surface area contributed by atoms with Gasteiger partial charge >= 0.3 is 0 Å². The Balaban J connectivity index is 1.75.